The molecule has 31 heavy (non-hydrogen) atoms. The van der Waals surface area contributed by atoms with Crippen LogP contribution in [0.4, 0.5) is 4.39 Å². The number of thioether (sulfide) groups is 1. The van der Waals surface area contributed by atoms with Crippen LogP contribution in [0.5, 0.6) is 0 Å². The molecule has 0 bridgehead atoms. The molecule has 0 amide bonds. The van der Waals surface area contributed by atoms with E-state index in [1.165, 1.54) is 33.7 Å². The second kappa shape index (κ2) is 8.47. The highest BCUT2D eigenvalue weighted by Crippen LogP contribution is 2.30. The molecule has 0 saturated heterocycles. The predicted molar refractivity (Wildman–Crippen MR) is 124 cm³/mol. The molecule has 0 atom stereocenters. The highest BCUT2D eigenvalue weighted by molar-refractivity contribution is 7.98. The molecule has 0 aliphatic carbocycles. The molecule has 2 heterocycles. The van der Waals surface area contributed by atoms with E-state index < -0.39 is 6.08 Å². The van der Waals surface area contributed by atoms with Crippen molar-refractivity contribution in [2.75, 3.05) is 0 Å². The van der Waals surface area contributed by atoms with Crippen LogP contribution in [0.1, 0.15) is 23.6 Å². The third kappa shape index (κ3) is 3.91. The number of imidazole rings is 1. The fraction of sp³-hybridized carbons (Fsp3) is 0.160. The summed E-state index contributed by atoms with van der Waals surface area (Å²) in [5, 5.41) is 3.11. The van der Waals surface area contributed by atoms with Crippen molar-refractivity contribution in [1.29, 1.82) is 0 Å². The molecule has 0 fully saturated rings. The number of halogens is 1. The number of hydrogen-bond acceptors (Lipinski definition) is 4. The smallest absolute Gasteiger partial charge is 0.311 e. The topological polar surface area (TPSA) is 43.6 Å². The quantitative estimate of drug-likeness (QED) is 0.188. The summed E-state index contributed by atoms with van der Waals surface area (Å²) in [5.74, 6) is 0.700. The van der Waals surface area contributed by atoms with Crippen LogP contribution in [0.25, 0.3) is 21.9 Å². The van der Waals surface area contributed by atoms with Gasteiger partial charge in [-0.15, -0.1) is 0 Å². The number of aryl methyl sites for hydroxylation is 1. The molecule has 0 N–H and O–H groups in total. The van der Waals surface area contributed by atoms with Crippen molar-refractivity contribution < 1.29 is 4.39 Å². The van der Waals surface area contributed by atoms with Crippen molar-refractivity contribution in [2.24, 2.45) is 0 Å². The molecule has 5 aromatic rings. The summed E-state index contributed by atoms with van der Waals surface area (Å²) in [6.07, 6.45) is 1.95. The third-order valence-corrected chi connectivity index (χ3v) is 6.47. The highest BCUT2D eigenvalue weighted by atomic mass is 32.2. The van der Waals surface area contributed by atoms with Crippen LogP contribution < -0.4 is 0 Å². The monoisotopic (exact) mass is 428 g/mol. The lowest BCUT2D eigenvalue weighted by Gasteiger charge is -2.13. The fourth-order valence-electron chi connectivity index (χ4n) is 3.98. The lowest BCUT2D eigenvalue weighted by molar-refractivity contribution is 0.533. The number of fused-ring (bicyclic) bond motifs is 2. The van der Waals surface area contributed by atoms with Crippen LogP contribution in [-0.2, 0) is 18.7 Å². The molecule has 3 aromatic carbocycles. The van der Waals surface area contributed by atoms with E-state index in [2.05, 4.69) is 70.4 Å². The van der Waals surface area contributed by atoms with E-state index in [4.69, 9.17) is 0 Å². The fourth-order valence-corrected chi connectivity index (χ4v) is 4.96. The Morgan fingerprint density at radius 3 is 2.45 bits per heavy atom. The highest BCUT2D eigenvalue weighted by Gasteiger charge is 2.16. The summed E-state index contributed by atoms with van der Waals surface area (Å²) in [5.41, 5.74) is 4.84. The zero-order valence-corrected chi connectivity index (χ0v) is 17.9. The first-order valence-electron chi connectivity index (χ1n) is 10.3. The summed E-state index contributed by atoms with van der Waals surface area (Å²) in [4.78, 5) is 12.4. The number of benzene rings is 3. The van der Waals surface area contributed by atoms with Gasteiger partial charge in [-0.2, -0.15) is 14.4 Å². The van der Waals surface area contributed by atoms with Gasteiger partial charge in [-0.3, -0.25) is 0 Å². The van der Waals surface area contributed by atoms with Gasteiger partial charge in [0, 0.05) is 12.3 Å². The van der Waals surface area contributed by atoms with E-state index in [9.17, 15) is 4.39 Å². The van der Waals surface area contributed by atoms with E-state index in [0.29, 0.717) is 23.0 Å². The largest absolute Gasteiger partial charge is 0.322 e. The van der Waals surface area contributed by atoms with Gasteiger partial charge in [0.05, 0.1) is 6.33 Å². The Morgan fingerprint density at radius 2 is 1.68 bits per heavy atom. The minimum atomic E-state index is -0.744. The predicted octanol–water partition coefficient (Wildman–Crippen LogP) is 6.02. The third-order valence-electron chi connectivity index (χ3n) is 5.43. The van der Waals surface area contributed by atoms with Gasteiger partial charge in [-0.25, -0.2) is 4.98 Å². The van der Waals surface area contributed by atoms with Crippen LogP contribution in [0, 0.1) is 6.08 Å². The van der Waals surface area contributed by atoms with Crippen LogP contribution in [-0.4, -0.2) is 19.5 Å². The first kappa shape index (κ1) is 19.7. The van der Waals surface area contributed by atoms with Crippen LogP contribution >= 0.6 is 11.8 Å². The molecule has 0 spiro atoms. The summed E-state index contributed by atoms with van der Waals surface area (Å²) in [6, 6.07) is 22.9. The Morgan fingerprint density at radius 1 is 0.903 bits per heavy atom. The number of aromatic nitrogens is 4. The first-order valence-corrected chi connectivity index (χ1v) is 11.3. The molecular weight excluding hydrogens is 407 g/mol. The Bertz CT molecular complexity index is 1360. The molecule has 6 heteroatoms. The number of rotatable bonds is 6. The lowest BCUT2D eigenvalue weighted by Crippen LogP contribution is -2.03. The maximum Gasteiger partial charge on any atom is 0.311 e. The Balaban J connectivity index is 1.56. The Labute approximate surface area is 184 Å². The molecule has 0 radical (unpaired) electrons. The minimum Gasteiger partial charge on any atom is -0.322 e. The summed E-state index contributed by atoms with van der Waals surface area (Å²) in [7, 11) is 0. The van der Waals surface area contributed by atoms with E-state index in [-0.39, 0.29) is 0 Å². The standard InChI is InChI=1S/C25H21FN4S/c1-2-18-10-6-11-19-12-7-13-20(21(18)19)14-30-16-27-23-22(30)24(29-25(26)28-23)31-15-17-8-4-3-5-9-17/h3-13,16H,2,14-15H2,1H3. The van der Waals surface area contributed by atoms with Crippen molar-refractivity contribution in [3.8, 4) is 0 Å². The van der Waals surface area contributed by atoms with Gasteiger partial charge in [-0.1, -0.05) is 85.4 Å². The first-order chi connectivity index (χ1) is 15.2. The minimum absolute atomic E-state index is 0.388. The van der Waals surface area contributed by atoms with Crippen molar-refractivity contribution >= 4 is 33.7 Å². The summed E-state index contributed by atoms with van der Waals surface area (Å²) < 4.78 is 16.1. The van der Waals surface area contributed by atoms with Gasteiger partial charge in [0.2, 0.25) is 0 Å². The van der Waals surface area contributed by atoms with Gasteiger partial charge in [0.25, 0.3) is 0 Å². The molecule has 0 aliphatic heterocycles. The van der Waals surface area contributed by atoms with Crippen molar-refractivity contribution in [3.63, 3.8) is 0 Å². The van der Waals surface area contributed by atoms with Gasteiger partial charge in [0.15, 0.2) is 5.65 Å². The molecule has 2 aromatic heterocycles. The van der Waals surface area contributed by atoms with Gasteiger partial charge in [0.1, 0.15) is 10.5 Å². The van der Waals surface area contributed by atoms with Crippen LogP contribution in [0.2, 0.25) is 0 Å². The van der Waals surface area contributed by atoms with Crippen LogP contribution in [0.15, 0.2) is 78.1 Å². The maximum atomic E-state index is 14.1. The second-order valence-corrected chi connectivity index (χ2v) is 8.37. The average molecular weight is 429 g/mol. The van der Waals surface area contributed by atoms with Crippen molar-refractivity contribution in [1.82, 2.24) is 19.5 Å². The summed E-state index contributed by atoms with van der Waals surface area (Å²) >= 11 is 1.51. The molecule has 4 nitrogen and oxygen atoms in total. The van der Waals surface area contributed by atoms with Crippen molar-refractivity contribution in [3.05, 3.63) is 95.8 Å². The van der Waals surface area contributed by atoms with Crippen molar-refractivity contribution in [2.45, 2.75) is 30.7 Å². The molecule has 0 aliphatic rings. The second-order valence-electron chi connectivity index (χ2n) is 7.40. The Kier molecular flexibility index (Phi) is 5.38. The molecular formula is C25H21FN4S. The van der Waals surface area contributed by atoms with Gasteiger partial charge < -0.3 is 4.57 Å². The Hall–Kier alpha value is -3.25. The number of hydrogen-bond donors (Lipinski definition) is 0. The molecule has 5 rings (SSSR count). The molecule has 0 unspecified atom stereocenters. The SMILES string of the molecule is CCc1cccc2cccc(Cn3cnc4nc(F)nc(SCc5ccccc5)c43)c12. The lowest BCUT2D eigenvalue weighted by atomic mass is 9.98. The average Bonchev–Trinajstić information content (AvgIpc) is 3.20. The maximum absolute atomic E-state index is 14.1. The number of nitrogens with zero attached hydrogens (tertiary/aromatic N) is 4. The summed E-state index contributed by atoms with van der Waals surface area (Å²) in [6.45, 7) is 2.80. The zero-order chi connectivity index (χ0) is 21.2. The molecule has 154 valence electrons. The normalized spacial score (nSPS) is 11.4. The van der Waals surface area contributed by atoms with Gasteiger partial charge >= 0.3 is 6.08 Å². The van der Waals surface area contributed by atoms with E-state index in [1.54, 1.807) is 6.33 Å². The molecule has 0 saturated carbocycles. The zero-order valence-electron chi connectivity index (χ0n) is 17.1. The van der Waals surface area contributed by atoms with Crippen LogP contribution in [0.3, 0.4) is 0 Å². The van der Waals surface area contributed by atoms with E-state index >= 15 is 0 Å². The van der Waals surface area contributed by atoms with E-state index in [0.717, 1.165) is 17.5 Å². The van der Waals surface area contributed by atoms with E-state index in [1.807, 2.05) is 22.8 Å². The van der Waals surface area contributed by atoms with Gasteiger partial charge in [-0.05, 0) is 33.9 Å².